The fourth-order valence-corrected chi connectivity index (χ4v) is 6.05. The van der Waals surface area contributed by atoms with Gasteiger partial charge in [0.25, 0.3) is 0 Å². The van der Waals surface area contributed by atoms with Crippen molar-refractivity contribution in [1.29, 1.82) is 0 Å². The Labute approximate surface area is 189 Å². The number of hydrogen-bond acceptors (Lipinski definition) is 4. The molecule has 4 rings (SSSR count). The summed E-state index contributed by atoms with van der Waals surface area (Å²) in [4.78, 5) is 12.1. The van der Waals surface area contributed by atoms with Crippen molar-refractivity contribution in [1.82, 2.24) is 14.5 Å². The lowest BCUT2D eigenvalue weighted by Gasteiger charge is -2.32. The van der Waals surface area contributed by atoms with Crippen LogP contribution in [0, 0.1) is 26.7 Å². The van der Waals surface area contributed by atoms with Gasteiger partial charge in [0.1, 0.15) is 19.5 Å². The molecule has 1 aromatic carbocycles. The lowest BCUT2D eigenvalue weighted by atomic mass is 9.96. The second-order valence-electron chi connectivity index (χ2n) is 8.03. The molecule has 1 aliphatic heterocycles. The summed E-state index contributed by atoms with van der Waals surface area (Å²) in [6.45, 7) is 8.37. The second kappa shape index (κ2) is 8.04. The van der Waals surface area contributed by atoms with E-state index in [0.29, 0.717) is 5.92 Å². The minimum atomic E-state index is 0.274. The van der Waals surface area contributed by atoms with Crippen LogP contribution in [0.25, 0.3) is 16.7 Å². The van der Waals surface area contributed by atoms with Crippen LogP contribution in [0.2, 0.25) is 0 Å². The van der Waals surface area contributed by atoms with Crippen molar-refractivity contribution in [2.45, 2.75) is 33.6 Å². The van der Waals surface area contributed by atoms with Gasteiger partial charge in [0.15, 0.2) is 5.65 Å². The van der Waals surface area contributed by atoms with E-state index >= 15 is 0 Å². The minimum absolute atomic E-state index is 0.274. The van der Waals surface area contributed by atoms with Gasteiger partial charge in [-0.05, 0) is 77.0 Å². The van der Waals surface area contributed by atoms with E-state index in [1.54, 1.807) is 0 Å². The van der Waals surface area contributed by atoms with E-state index in [2.05, 4.69) is 75.2 Å². The highest BCUT2D eigenvalue weighted by atomic mass is 79.9. The molecular formula is C21H25BBr2N4O. The molecule has 29 heavy (non-hydrogen) atoms. The Bertz CT molecular complexity index is 1070. The molecular weight excluding hydrogens is 495 g/mol. The van der Waals surface area contributed by atoms with Crippen LogP contribution in [0.1, 0.15) is 29.9 Å². The van der Waals surface area contributed by atoms with Crippen molar-refractivity contribution in [3.63, 3.8) is 0 Å². The van der Waals surface area contributed by atoms with Crippen LogP contribution < -0.4 is 10.4 Å². The first-order chi connectivity index (χ1) is 13.8. The molecule has 152 valence electrons. The lowest BCUT2D eigenvalue weighted by molar-refractivity contribution is 0.203. The lowest BCUT2D eigenvalue weighted by Crippen LogP contribution is -2.35. The third-order valence-corrected chi connectivity index (χ3v) is 7.21. The first-order valence-corrected chi connectivity index (χ1v) is 11.6. The zero-order chi connectivity index (χ0) is 20.9. The van der Waals surface area contributed by atoms with Gasteiger partial charge in [0.2, 0.25) is 0 Å². The standard InChI is InChI=1S/C21H25BBr2N4O/c1-11-12(2)28(19-16(23)8-15(22)9-17(19)24)21-18(11)20(25-13(3)26-21)27-6-4-14(10-29)5-7-27/h8-9,14,29H,4-7,10,22H2,1-3H3. The summed E-state index contributed by atoms with van der Waals surface area (Å²) in [5.74, 6) is 2.19. The molecule has 0 aliphatic carbocycles. The molecule has 1 saturated heterocycles. The van der Waals surface area contributed by atoms with Crippen LogP contribution in [0.15, 0.2) is 21.1 Å². The van der Waals surface area contributed by atoms with Gasteiger partial charge >= 0.3 is 0 Å². The zero-order valence-electron chi connectivity index (χ0n) is 17.3. The Hall–Kier alpha value is -1.38. The number of aryl methyl sites for hydroxylation is 2. The summed E-state index contributed by atoms with van der Waals surface area (Å²) in [6, 6.07) is 4.27. The third-order valence-electron chi connectivity index (χ3n) is 6.00. The molecule has 1 fully saturated rings. The number of aliphatic hydroxyl groups is 1. The Kier molecular flexibility index (Phi) is 5.79. The Morgan fingerprint density at radius 3 is 2.31 bits per heavy atom. The molecule has 0 unspecified atom stereocenters. The number of nitrogens with zero attached hydrogens (tertiary/aromatic N) is 4. The summed E-state index contributed by atoms with van der Waals surface area (Å²) in [5.41, 5.74) is 5.57. The number of rotatable bonds is 3. The molecule has 3 aromatic rings. The molecule has 0 spiro atoms. The molecule has 3 heterocycles. The molecule has 0 saturated carbocycles. The summed E-state index contributed by atoms with van der Waals surface area (Å²) in [7, 11) is 2.09. The fraction of sp³-hybridized carbons (Fsp3) is 0.429. The van der Waals surface area contributed by atoms with Crippen LogP contribution in [0.5, 0.6) is 0 Å². The van der Waals surface area contributed by atoms with Crippen LogP contribution in [-0.2, 0) is 0 Å². The molecule has 1 aliphatic rings. The Balaban J connectivity index is 1.94. The maximum Gasteiger partial charge on any atom is 0.150 e. The summed E-state index contributed by atoms with van der Waals surface area (Å²) < 4.78 is 4.30. The first-order valence-electron chi connectivity index (χ1n) is 9.99. The van der Waals surface area contributed by atoms with E-state index in [1.807, 2.05) is 6.92 Å². The number of halogens is 2. The number of aliphatic hydroxyl groups excluding tert-OH is 1. The highest BCUT2D eigenvalue weighted by molar-refractivity contribution is 9.11. The van der Waals surface area contributed by atoms with Gasteiger partial charge in [-0.3, -0.25) is 4.57 Å². The molecule has 0 radical (unpaired) electrons. The predicted octanol–water partition coefficient (Wildman–Crippen LogP) is 3.34. The van der Waals surface area contributed by atoms with Gasteiger partial charge in [-0.25, -0.2) is 9.97 Å². The maximum absolute atomic E-state index is 9.49. The van der Waals surface area contributed by atoms with Gasteiger partial charge in [-0.15, -0.1) is 0 Å². The fourth-order valence-electron chi connectivity index (χ4n) is 4.28. The summed E-state index contributed by atoms with van der Waals surface area (Å²) in [6.07, 6.45) is 1.99. The third kappa shape index (κ3) is 3.64. The smallest absolute Gasteiger partial charge is 0.150 e. The summed E-state index contributed by atoms with van der Waals surface area (Å²) in [5, 5.41) is 10.6. The summed E-state index contributed by atoms with van der Waals surface area (Å²) >= 11 is 7.53. The molecule has 8 heteroatoms. The van der Waals surface area contributed by atoms with E-state index in [-0.39, 0.29) is 6.61 Å². The van der Waals surface area contributed by atoms with E-state index in [4.69, 9.17) is 9.97 Å². The highest BCUT2D eigenvalue weighted by Gasteiger charge is 2.26. The monoisotopic (exact) mass is 518 g/mol. The molecule has 5 nitrogen and oxygen atoms in total. The van der Waals surface area contributed by atoms with Crippen LogP contribution in [-0.4, -0.2) is 47.2 Å². The van der Waals surface area contributed by atoms with E-state index < -0.39 is 0 Å². The topological polar surface area (TPSA) is 54.2 Å². The van der Waals surface area contributed by atoms with Gasteiger partial charge in [-0.2, -0.15) is 0 Å². The van der Waals surface area contributed by atoms with Crippen LogP contribution in [0.3, 0.4) is 0 Å². The van der Waals surface area contributed by atoms with Crippen molar-refractivity contribution in [2.75, 3.05) is 24.6 Å². The van der Waals surface area contributed by atoms with Gasteiger partial charge in [0, 0.05) is 34.3 Å². The predicted molar refractivity (Wildman–Crippen MR) is 129 cm³/mol. The number of piperidine rings is 1. The second-order valence-corrected chi connectivity index (χ2v) is 9.74. The average Bonchev–Trinajstić information content (AvgIpc) is 2.92. The molecule has 0 amide bonds. The maximum atomic E-state index is 9.49. The number of aromatic nitrogens is 3. The van der Waals surface area contributed by atoms with Crippen molar-refractivity contribution < 1.29 is 5.11 Å². The Morgan fingerprint density at radius 2 is 1.72 bits per heavy atom. The Morgan fingerprint density at radius 1 is 1.10 bits per heavy atom. The number of anilines is 1. The molecule has 1 N–H and O–H groups in total. The normalized spacial score (nSPS) is 15.4. The molecule has 0 atom stereocenters. The first kappa shape index (κ1) is 20.9. The minimum Gasteiger partial charge on any atom is -0.396 e. The largest absolute Gasteiger partial charge is 0.396 e. The van der Waals surface area contributed by atoms with E-state index in [1.165, 1.54) is 11.0 Å². The van der Waals surface area contributed by atoms with Gasteiger partial charge < -0.3 is 10.0 Å². The average molecular weight is 520 g/mol. The van der Waals surface area contributed by atoms with Gasteiger partial charge in [-0.1, -0.05) is 17.6 Å². The van der Waals surface area contributed by atoms with Crippen molar-refractivity contribution in [3.8, 4) is 5.69 Å². The van der Waals surface area contributed by atoms with Crippen LogP contribution >= 0.6 is 31.9 Å². The quantitative estimate of drug-likeness (QED) is 0.539. The highest BCUT2D eigenvalue weighted by Crippen LogP contribution is 2.38. The van der Waals surface area contributed by atoms with Crippen molar-refractivity contribution in [3.05, 3.63) is 38.2 Å². The van der Waals surface area contributed by atoms with Crippen molar-refractivity contribution in [2.24, 2.45) is 5.92 Å². The molecule has 0 bridgehead atoms. The van der Waals surface area contributed by atoms with Crippen LogP contribution in [0.4, 0.5) is 5.82 Å². The van der Waals surface area contributed by atoms with Gasteiger partial charge in [0.05, 0.1) is 11.1 Å². The van der Waals surface area contributed by atoms with E-state index in [9.17, 15) is 5.11 Å². The number of benzene rings is 1. The SMILES string of the molecule is Bc1cc(Br)c(-n2c(C)c(C)c3c(N4CCC(CO)CC4)nc(C)nc32)c(Br)c1. The number of fused-ring (bicyclic) bond motifs is 1. The van der Waals surface area contributed by atoms with Crippen molar-refractivity contribution >= 4 is 62.0 Å². The zero-order valence-corrected chi connectivity index (χ0v) is 20.4. The van der Waals surface area contributed by atoms with E-state index in [0.717, 1.165) is 68.9 Å². The molecule has 2 aromatic heterocycles. The number of hydrogen-bond donors (Lipinski definition) is 1.